The summed E-state index contributed by atoms with van der Waals surface area (Å²) >= 11 is 6.26. The summed E-state index contributed by atoms with van der Waals surface area (Å²) in [5, 5.41) is 12.0. The molecule has 1 saturated heterocycles. The first-order chi connectivity index (χ1) is 11.8. The maximum atomic E-state index is 11.9. The maximum absolute atomic E-state index is 11.9. The molecule has 7 heteroatoms. The third-order valence-corrected chi connectivity index (χ3v) is 5.34. The smallest absolute Gasteiger partial charge is 0.336 e. The number of nitrogens with zero attached hydrogens (tertiary/aromatic N) is 1. The van der Waals surface area contributed by atoms with Crippen LogP contribution < -0.4 is 5.32 Å². The van der Waals surface area contributed by atoms with Crippen molar-refractivity contribution in [1.82, 2.24) is 9.88 Å². The fourth-order valence-corrected chi connectivity index (χ4v) is 4.00. The number of hydrogen-bond acceptors (Lipinski definition) is 4. The summed E-state index contributed by atoms with van der Waals surface area (Å²) in [4.78, 5) is 23.8. The van der Waals surface area contributed by atoms with Gasteiger partial charge in [0.25, 0.3) is 5.91 Å². The van der Waals surface area contributed by atoms with Gasteiger partial charge in [0.1, 0.15) is 4.32 Å². The molecule has 2 N–H and O–H groups in total. The van der Waals surface area contributed by atoms with E-state index in [1.165, 1.54) is 11.8 Å². The largest absolute Gasteiger partial charge is 0.478 e. The van der Waals surface area contributed by atoms with Crippen LogP contribution in [0, 0.1) is 20.8 Å². The number of amides is 1. The van der Waals surface area contributed by atoms with Gasteiger partial charge in [-0.3, -0.25) is 4.79 Å². The molecule has 1 aliphatic heterocycles. The maximum Gasteiger partial charge on any atom is 0.336 e. The van der Waals surface area contributed by atoms with E-state index in [0.29, 0.717) is 14.8 Å². The molecule has 25 heavy (non-hydrogen) atoms. The number of hydrogen-bond donors (Lipinski definition) is 2. The summed E-state index contributed by atoms with van der Waals surface area (Å²) in [6, 6.07) is 7.20. The molecule has 1 aromatic heterocycles. The zero-order chi connectivity index (χ0) is 18.3. The van der Waals surface area contributed by atoms with E-state index < -0.39 is 5.97 Å². The van der Waals surface area contributed by atoms with E-state index in [-0.39, 0.29) is 11.5 Å². The fourth-order valence-electron chi connectivity index (χ4n) is 2.96. The van der Waals surface area contributed by atoms with Gasteiger partial charge >= 0.3 is 5.97 Å². The van der Waals surface area contributed by atoms with E-state index in [1.54, 1.807) is 19.1 Å². The summed E-state index contributed by atoms with van der Waals surface area (Å²) in [6.45, 7) is 5.70. The Morgan fingerprint density at radius 2 is 2.04 bits per heavy atom. The molecule has 3 rings (SSSR count). The van der Waals surface area contributed by atoms with Gasteiger partial charge in [-0.25, -0.2) is 4.79 Å². The highest BCUT2D eigenvalue weighted by Crippen LogP contribution is 2.30. The molecular weight excluding hydrogens is 356 g/mol. The number of carboxylic acid groups (broad SMARTS) is 1. The van der Waals surface area contributed by atoms with Crippen molar-refractivity contribution >= 4 is 46.3 Å². The monoisotopic (exact) mass is 372 g/mol. The van der Waals surface area contributed by atoms with E-state index in [1.807, 2.05) is 36.6 Å². The molecule has 0 atom stereocenters. The molecule has 1 fully saturated rings. The van der Waals surface area contributed by atoms with Gasteiger partial charge in [0.2, 0.25) is 0 Å². The number of aromatic nitrogens is 1. The van der Waals surface area contributed by atoms with Crippen LogP contribution in [0.1, 0.15) is 32.9 Å². The molecule has 1 aliphatic rings. The van der Waals surface area contributed by atoms with Crippen LogP contribution in [0.2, 0.25) is 0 Å². The lowest BCUT2D eigenvalue weighted by Crippen LogP contribution is -2.17. The van der Waals surface area contributed by atoms with Crippen molar-refractivity contribution in [3.63, 3.8) is 0 Å². The van der Waals surface area contributed by atoms with Crippen LogP contribution in [0.25, 0.3) is 11.8 Å². The first-order valence-corrected chi connectivity index (χ1v) is 8.79. The predicted octanol–water partition coefficient (Wildman–Crippen LogP) is 3.59. The summed E-state index contributed by atoms with van der Waals surface area (Å²) in [5.74, 6) is -1.14. The lowest BCUT2D eigenvalue weighted by Gasteiger charge is -2.14. The van der Waals surface area contributed by atoms with Crippen LogP contribution in [-0.2, 0) is 4.79 Å². The van der Waals surface area contributed by atoms with Crippen LogP contribution >= 0.6 is 24.0 Å². The standard InChI is InChI=1S/C18H16N2O3S2/c1-9-7-12(8-15-16(21)19-18(24)25-15)11(3)20(9)14-6-4-5-13(10(14)2)17(22)23/h4-8H,1-3H3,(H,22,23)(H,19,21,24)/b15-8+. The highest BCUT2D eigenvalue weighted by molar-refractivity contribution is 8.26. The minimum atomic E-state index is -0.948. The minimum absolute atomic E-state index is 0.191. The number of thioether (sulfide) groups is 1. The fraction of sp³-hybridized carbons (Fsp3) is 0.167. The molecular formula is C18H16N2O3S2. The highest BCUT2D eigenvalue weighted by Gasteiger charge is 2.23. The Labute approximate surface area is 154 Å². The van der Waals surface area contributed by atoms with Gasteiger partial charge < -0.3 is 15.0 Å². The van der Waals surface area contributed by atoms with E-state index in [2.05, 4.69) is 5.32 Å². The molecule has 0 unspecified atom stereocenters. The number of rotatable bonds is 3. The number of thiocarbonyl (C=S) groups is 1. The minimum Gasteiger partial charge on any atom is -0.478 e. The van der Waals surface area contributed by atoms with Crippen LogP contribution in [0.5, 0.6) is 0 Å². The summed E-state index contributed by atoms with van der Waals surface area (Å²) in [6.07, 6.45) is 1.81. The quantitative estimate of drug-likeness (QED) is 0.636. The Morgan fingerprint density at radius 3 is 2.64 bits per heavy atom. The van der Waals surface area contributed by atoms with Crippen molar-refractivity contribution in [3.8, 4) is 5.69 Å². The normalized spacial score (nSPS) is 15.7. The molecule has 1 amide bonds. The summed E-state index contributed by atoms with van der Waals surface area (Å²) in [7, 11) is 0. The van der Waals surface area contributed by atoms with Gasteiger partial charge in [0, 0.05) is 17.1 Å². The molecule has 0 radical (unpaired) electrons. The molecule has 2 aromatic rings. The molecule has 0 aliphatic carbocycles. The van der Waals surface area contributed by atoms with E-state index in [0.717, 1.165) is 22.6 Å². The molecule has 1 aromatic carbocycles. The SMILES string of the molecule is Cc1c(C(=O)O)cccc1-n1c(C)cc(/C=C2/SC(=S)NC2=O)c1C. The number of benzene rings is 1. The Morgan fingerprint density at radius 1 is 1.32 bits per heavy atom. The average molecular weight is 372 g/mol. The van der Waals surface area contributed by atoms with E-state index in [4.69, 9.17) is 12.2 Å². The molecule has 2 heterocycles. The first-order valence-electron chi connectivity index (χ1n) is 7.56. The van der Waals surface area contributed by atoms with Crippen LogP contribution in [-0.4, -0.2) is 25.9 Å². The molecule has 128 valence electrons. The lowest BCUT2D eigenvalue weighted by molar-refractivity contribution is -0.115. The van der Waals surface area contributed by atoms with Gasteiger partial charge in [-0.05, 0) is 56.2 Å². The Kier molecular flexibility index (Phi) is 4.53. The number of carboxylic acids is 1. The van der Waals surface area contributed by atoms with Crippen LogP contribution in [0.3, 0.4) is 0 Å². The third-order valence-electron chi connectivity index (χ3n) is 4.18. The van der Waals surface area contributed by atoms with Gasteiger partial charge in [-0.1, -0.05) is 30.0 Å². The summed E-state index contributed by atoms with van der Waals surface area (Å²) in [5.41, 5.74) is 4.59. The Hall–Kier alpha value is -2.38. The zero-order valence-corrected chi connectivity index (χ0v) is 15.5. The van der Waals surface area contributed by atoms with Crippen molar-refractivity contribution in [3.05, 3.63) is 57.2 Å². The number of nitrogens with one attached hydrogen (secondary N) is 1. The number of carbonyl (C=O) groups excluding carboxylic acids is 1. The van der Waals surface area contributed by atoms with Gasteiger partial charge in [-0.2, -0.15) is 0 Å². The second-order valence-electron chi connectivity index (χ2n) is 5.77. The average Bonchev–Trinajstić information content (AvgIpc) is 2.99. The number of aromatic carboxylic acids is 1. The van der Waals surface area contributed by atoms with Gasteiger partial charge in [0.15, 0.2) is 0 Å². The van der Waals surface area contributed by atoms with Crippen molar-refractivity contribution < 1.29 is 14.7 Å². The third kappa shape index (κ3) is 3.12. The topological polar surface area (TPSA) is 71.3 Å². The second kappa shape index (κ2) is 6.50. The highest BCUT2D eigenvalue weighted by atomic mass is 32.2. The summed E-state index contributed by atoms with van der Waals surface area (Å²) < 4.78 is 2.46. The first kappa shape index (κ1) is 17.4. The number of aryl methyl sites for hydroxylation is 1. The van der Waals surface area contributed by atoms with Crippen LogP contribution in [0.15, 0.2) is 29.2 Å². The molecule has 5 nitrogen and oxygen atoms in total. The van der Waals surface area contributed by atoms with Gasteiger partial charge in [-0.15, -0.1) is 0 Å². The van der Waals surface area contributed by atoms with E-state index >= 15 is 0 Å². The van der Waals surface area contributed by atoms with Crippen molar-refractivity contribution in [2.24, 2.45) is 0 Å². The Bertz CT molecular complexity index is 957. The zero-order valence-electron chi connectivity index (χ0n) is 13.9. The van der Waals surface area contributed by atoms with E-state index in [9.17, 15) is 14.7 Å². The molecule has 0 bridgehead atoms. The second-order valence-corrected chi connectivity index (χ2v) is 7.49. The van der Waals surface area contributed by atoms with Crippen molar-refractivity contribution in [2.45, 2.75) is 20.8 Å². The molecule has 0 saturated carbocycles. The lowest BCUT2D eigenvalue weighted by atomic mass is 10.1. The van der Waals surface area contributed by atoms with Crippen molar-refractivity contribution in [2.75, 3.05) is 0 Å². The van der Waals surface area contributed by atoms with Gasteiger partial charge in [0.05, 0.1) is 10.5 Å². The van der Waals surface area contributed by atoms with Crippen molar-refractivity contribution in [1.29, 1.82) is 0 Å². The number of carbonyl (C=O) groups is 2. The molecule has 0 spiro atoms. The predicted molar refractivity (Wildman–Crippen MR) is 103 cm³/mol. The van der Waals surface area contributed by atoms with Crippen LogP contribution in [0.4, 0.5) is 0 Å². The Balaban J connectivity index is 2.12.